The smallest absolute Gasteiger partial charge is 0.221 e. The highest BCUT2D eigenvalue weighted by Gasteiger charge is 2.08. The van der Waals surface area contributed by atoms with E-state index >= 15 is 0 Å². The lowest BCUT2D eigenvalue weighted by Gasteiger charge is -2.13. The van der Waals surface area contributed by atoms with Crippen molar-refractivity contribution in [3.63, 3.8) is 0 Å². The predicted molar refractivity (Wildman–Crippen MR) is 113 cm³/mol. The van der Waals surface area contributed by atoms with E-state index in [0.29, 0.717) is 0 Å². The van der Waals surface area contributed by atoms with E-state index in [2.05, 4.69) is 32.7 Å². The Kier molecular flexibility index (Phi) is 4.97. The Morgan fingerprint density at radius 1 is 0.893 bits per heavy atom. The third kappa shape index (κ3) is 3.99. The minimum Gasteiger partial charge on any atom is -0.340 e. The molecule has 0 radical (unpaired) electrons. The number of hydrogen-bond donors (Lipinski definition) is 2. The first-order valence-corrected chi connectivity index (χ1v) is 9.09. The Morgan fingerprint density at radius 2 is 1.57 bits per heavy atom. The molecule has 0 aliphatic rings. The van der Waals surface area contributed by atoms with E-state index in [1.165, 1.54) is 23.4 Å². The molecule has 2 N–H and O–H groups in total. The maximum Gasteiger partial charge on any atom is 0.221 e. The second-order valence-electron chi connectivity index (χ2n) is 6.59. The predicted octanol–water partition coefficient (Wildman–Crippen LogP) is 4.92. The molecule has 5 nitrogen and oxygen atoms in total. The lowest BCUT2D eigenvalue weighted by Crippen LogP contribution is -2.05. The number of anilines is 3. The fraction of sp³-hybridized carbons (Fsp3) is 0.0870. The third-order valence-electron chi connectivity index (χ3n) is 4.49. The lowest BCUT2D eigenvalue weighted by atomic mass is 10.0. The van der Waals surface area contributed by atoms with Gasteiger partial charge >= 0.3 is 0 Å². The summed E-state index contributed by atoms with van der Waals surface area (Å²) < 4.78 is 0. The summed E-state index contributed by atoms with van der Waals surface area (Å²) in [6.45, 7) is 1.50. The topological polar surface area (TPSA) is 66.9 Å². The highest BCUT2D eigenvalue weighted by atomic mass is 16.1. The van der Waals surface area contributed by atoms with Crippen LogP contribution in [0.5, 0.6) is 0 Å². The number of benzene rings is 2. The molecule has 2 aromatic carbocycles. The summed E-state index contributed by atoms with van der Waals surface area (Å²) in [4.78, 5) is 19.9. The molecule has 4 rings (SSSR count). The summed E-state index contributed by atoms with van der Waals surface area (Å²) in [6.07, 6.45) is 6.36. The Morgan fingerprint density at radius 3 is 2.29 bits per heavy atom. The maximum atomic E-state index is 11.2. The second-order valence-corrected chi connectivity index (χ2v) is 6.59. The van der Waals surface area contributed by atoms with Crippen LogP contribution < -0.4 is 10.6 Å². The Hall–Kier alpha value is -3.73. The molecule has 1 amide bonds. The van der Waals surface area contributed by atoms with Crippen LogP contribution in [-0.4, -0.2) is 15.9 Å². The highest BCUT2D eigenvalue weighted by molar-refractivity contribution is 5.95. The van der Waals surface area contributed by atoms with Crippen molar-refractivity contribution in [3.05, 3.63) is 90.4 Å². The van der Waals surface area contributed by atoms with Crippen LogP contribution in [0.4, 0.5) is 17.2 Å². The van der Waals surface area contributed by atoms with Crippen molar-refractivity contribution >= 4 is 33.9 Å². The standard InChI is InChI=1S/C23H20N4O/c1-16(28)26-19-6-8-20(9-7-19)27-23-22-5-3-2-4-21(22)18(15-25-23)14-17-10-12-24-13-11-17/h2-13,15H,14H2,1H3,(H,25,27)(H,26,28). The van der Waals surface area contributed by atoms with E-state index in [-0.39, 0.29) is 5.91 Å². The Balaban J connectivity index is 1.63. The molecule has 2 aromatic heterocycles. The fourth-order valence-corrected chi connectivity index (χ4v) is 3.19. The Bertz CT molecular complexity index is 1110. The number of amides is 1. The summed E-state index contributed by atoms with van der Waals surface area (Å²) in [6, 6.07) is 19.9. The van der Waals surface area contributed by atoms with E-state index in [9.17, 15) is 4.79 Å². The average molecular weight is 368 g/mol. The zero-order chi connectivity index (χ0) is 19.3. The number of carbonyl (C=O) groups excluding carboxylic acids is 1. The summed E-state index contributed by atoms with van der Waals surface area (Å²) in [7, 11) is 0. The number of carbonyl (C=O) groups is 1. The van der Waals surface area contributed by atoms with Crippen molar-refractivity contribution in [1.82, 2.24) is 9.97 Å². The van der Waals surface area contributed by atoms with Gasteiger partial charge in [-0.3, -0.25) is 9.78 Å². The van der Waals surface area contributed by atoms with Crippen LogP contribution in [-0.2, 0) is 11.2 Å². The molecule has 0 unspecified atom stereocenters. The van der Waals surface area contributed by atoms with Gasteiger partial charge in [0.2, 0.25) is 5.91 Å². The normalized spacial score (nSPS) is 10.6. The average Bonchev–Trinajstić information content (AvgIpc) is 2.72. The first-order chi connectivity index (χ1) is 13.7. The monoisotopic (exact) mass is 368 g/mol. The van der Waals surface area contributed by atoms with Crippen LogP contribution in [0.3, 0.4) is 0 Å². The van der Waals surface area contributed by atoms with Crippen LogP contribution in [0.25, 0.3) is 10.8 Å². The lowest BCUT2D eigenvalue weighted by molar-refractivity contribution is -0.114. The number of nitrogens with one attached hydrogen (secondary N) is 2. The molecule has 0 saturated carbocycles. The largest absolute Gasteiger partial charge is 0.340 e. The van der Waals surface area contributed by atoms with Crippen molar-refractivity contribution in [2.24, 2.45) is 0 Å². The van der Waals surface area contributed by atoms with E-state index in [0.717, 1.165) is 29.0 Å². The van der Waals surface area contributed by atoms with E-state index in [4.69, 9.17) is 0 Å². The fourth-order valence-electron chi connectivity index (χ4n) is 3.19. The molecular weight excluding hydrogens is 348 g/mol. The van der Waals surface area contributed by atoms with Gasteiger partial charge in [-0.05, 0) is 59.3 Å². The molecule has 4 aromatic rings. The van der Waals surface area contributed by atoms with Gasteiger partial charge in [-0.25, -0.2) is 4.98 Å². The van der Waals surface area contributed by atoms with Crippen LogP contribution >= 0.6 is 0 Å². The quantitative estimate of drug-likeness (QED) is 0.524. The number of aromatic nitrogens is 2. The van der Waals surface area contributed by atoms with Crippen molar-refractivity contribution in [2.75, 3.05) is 10.6 Å². The molecule has 2 heterocycles. The SMILES string of the molecule is CC(=O)Nc1ccc(Nc2ncc(Cc3ccncc3)c3ccccc23)cc1. The van der Waals surface area contributed by atoms with Crippen LogP contribution in [0.2, 0.25) is 0 Å². The molecular formula is C23H20N4O. The van der Waals surface area contributed by atoms with Crippen molar-refractivity contribution < 1.29 is 4.79 Å². The van der Waals surface area contributed by atoms with Crippen molar-refractivity contribution in [2.45, 2.75) is 13.3 Å². The zero-order valence-corrected chi connectivity index (χ0v) is 15.5. The number of fused-ring (bicyclic) bond motifs is 1. The molecule has 5 heteroatoms. The number of nitrogens with zero attached hydrogens (tertiary/aromatic N) is 2. The number of hydrogen-bond acceptors (Lipinski definition) is 4. The summed E-state index contributed by atoms with van der Waals surface area (Å²) >= 11 is 0. The van der Waals surface area contributed by atoms with Gasteiger partial charge < -0.3 is 10.6 Å². The van der Waals surface area contributed by atoms with Crippen LogP contribution in [0, 0.1) is 0 Å². The number of rotatable bonds is 5. The van der Waals surface area contributed by atoms with E-state index in [1.807, 2.05) is 67.1 Å². The number of pyridine rings is 2. The van der Waals surface area contributed by atoms with Gasteiger partial charge in [0, 0.05) is 42.3 Å². The second kappa shape index (κ2) is 7.88. The Labute approximate surface area is 163 Å². The van der Waals surface area contributed by atoms with Crippen molar-refractivity contribution in [3.8, 4) is 0 Å². The molecule has 28 heavy (non-hydrogen) atoms. The molecule has 0 aliphatic heterocycles. The molecule has 138 valence electrons. The van der Waals surface area contributed by atoms with Gasteiger partial charge in [-0.2, -0.15) is 0 Å². The molecule has 0 bridgehead atoms. The van der Waals surface area contributed by atoms with Gasteiger partial charge in [0.05, 0.1) is 0 Å². The molecule has 0 fully saturated rings. The van der Waals surface area contributed by atoms with Gasteiger partial charge in [-0.15, -0.1) is 0 Å². The van der Waals surface area contributed by atoms with Crippen LogP contribution in [0.1, 0.15) is 18.1 Å². The molecule has 0 spiro atoms. The van der Waals surface area contributed by atoms with Gasteiger partial charge in [0.25, 0.3) is 0 Å². The maximum absolute atomic E-state index is 11.2. The summed E-state index contributed by atoms with van der Waals surface area (Å²) in [5.41, 5.74) is 4.06. The van der Waals surface area contributed by atoms with Gasteiger partial charge in [0.1, 0.15) is 5.82 Å². The van der Waals surface area contributed by atoms with Gasteiger partial charge in [0.15, 0.2) is 0 Å². The molecule has 0 saturated heterocycles. The third-order valence-corrected chi connectivity index (χ3v) is 4.49. The zero-order valence-electron chi connectivity index (χ0n) is 15.5. The minimum atomic E-state index is -0.0850. The van der Waals surface area contributed by atoms with Gasteiger partial charge in [-0.1, -0.05) is 24.3 Å². The first kappa shape index (κ1) is 17.7. The first-order valence-electron chi connectivity index (χ1n) is 9.09. The summed E-state index contributed by atoms with van der Waals surface area (Å²) in [5.74, 6) is 0.722. The molecule has 0 atom stereocenters. The molecule has 0 aliphatic carbocycles. The van der Waals surface area contributed by atoms with E-state index in [1.54, 1.807) is 0 Å². The van der Waals surface area contributed by atoms with Crippen molar-refractivity contribution in [1.29, 1.82) is 0 Å². The highest BCUT2D eigenvalue weighted by Crippen LogP contribution is 2.28. The summed E-state index contributed by atoms with van der Waals surface area (Å²) in [5, 5.41) is 8.40. The van der Waals surface area contributed by atoms with E-state index < -0.39 is 0 Å². The minimum absolute atomic E-state index is 0.0850. The van der Waals surface area contributed by atoms with Crippen LogP contribution in [0.15, 0.2) is 79.3 Å².